The van der Waals surface area contributed by atoms with Gasteiger partial charge < -0.3 is 15.1 Å². The first-order chi connectivity index (χ1) is 13.4. The first-order valence-electron chi connectivity index (χ1n) is 9.80. The Morgan fingerprint density at radius 3 is 2.39 bits per heavy atom. The minimum Gasteiger partial charge on any atom is -0.353 e. The Labute approximate surface area is 166 Å². The molecule has 6 nitrogen and oxygen atoms in total. The Morgan fingerprint density at radius 2 is 1.79 bits per heavy atom. The van der Waals surface area contributed by atoms with Crippen molar-refractivity contribution in [2.75, 3.05) is 36.4 Å². The second-order valence-electron chi connectivity index (χ2n) is 7.64. The summed E-state index contributed by atoms with van der Waals surface area (Å²) in [4.78, 5) is 33.2. The third-order valence-electron chi connectivity index (χ3n) is 4.93. The fourth-order valence-corrected chi connectivity index (χ4v) is 3.34. The normalized spacial score (nSPS) is 14.3. The number of benzene rings is 1. The van der Waals surface area contributed by atoms with Crippen LogP contribution in [0.2, 0.25) is 0 Å². The van der Waals surface area contributed by atoms with Crippen molar-refractivity contribution in [2.45, 2.75) is 27.2 Å². The number of anilines is 2. The molecule has 0 atom stereocenters. The number of amides is 2. The standard InChI is InChI=1S/C22H28N4O2/c1-16(2)14-21(27)26-12-10-25(11-13-26)20-9-8-18(15-23-20)24-22(28)19-7-5-4-6-17(19)3/h4-9,15-16H,10-14H2,1-3H3,(H,24,28). The van der Waals surface area contributed by atoms with Gasteiger partial charge in [-0.25, -0.2) is 4.98 Å². The molecule has 1 aliphatic rings. The molecule has 0 radical (unpaired) electrons. The summed E-state index contributed by atoms with van der Waals surface area (Å²) in [7, 11) is 0. The third-order valence-corrected chi connectivity index (χ3v) is 4.93. The predicted octanol–water partition coefficient (Wildman–Crippen LogP) is 3.34. The highest BCUT2D eigenvalue weighted by Gasteiger charge is 2.22. The molecule has 3 rings (SSSR count). The van der Waals surface area contributed by atoms with Crippen LogP contribution in [-0.4, -0.2) is 47.9 Å². The Bertz CT molecular complexity index is 825. The maximum absolute atomic E-state index is 12.4. The van der Waals surface area contributed by atoms with Crippen molar-refractivity contribution in [3.8, 4) is 0 Å². The van der Waals surface area contributed by atoms with Crippen molar-refractivity contribution in [3.05, 3.63) is 53.7 Å². The van der Waals surface area contributed by atoms with E-state index in [9.17, 15) is 9.59 Å². The lowest BCUT2D eigenvalue weighted by atomic mass is 10.1. The summed E-state index contributed by atoms with van der Waals surface area (Å²) < 4.78 is 0. The molecule has 1 aliphatic heterocycles. The summed E-state index contributed by atoms with van der Waals surface area (Å²) in [6.45, 7) is 9.03. The average molecular weight is 380 g/mol. The van der Waals surface area contributed by atoms with E-state index < -0.39 is 0 Å². The van der Waals surface area contributed by atoms with Crippen LogP contribution >= 0.6 is 0 Å². The van der Waals surface area contributed by atoms with Crippen LogP contribution < -0.4 is 10.2 Å². The van der Waals surface area contributed by atoms with E-state index in [1.807, 2.05) is 48.2 Å². The lowest BCUT2D eigenvalue weighted by Gasteiger charge is -2.35. The maximum Gasteiger partial charge on any atom is 0.255 e. The molecular formula is C22H28N4O2. The molecule has 1 N–H and O–H groups in total. The van der Waals surface area contributed by atoms with E-state index in [0.29, 0.717) is 23.6 Å². The summed E-state index contributed by atoms with van der Waals surface area (Å²) in [6, 6.07) is 11.3. The van der Waals surface area contributed by atoms with Crippen molar-refractivity contribution in [2.24, 2.45) is 5.92 Å². The number of pyridine rings is 1. The van der Waals surface area contributed by atoms with Crippen molar-refractivity contribution in [3.63, 3.8) is 0 Å². The van der Waals surface area contributed by atoms with E-state index in [0.717, 1.165) is 37.6 Å². The Hall–Kier alpha value is -2.89. The van der Waals surface area contributed by atoms with Gasteiger partial charge in [-0.05, 0) is 36.6 Å². The van der Waals surface area contributed by atoms with Crippen LogP contribution in [0.15, 0.2) is 42.6 Å². The topological polar surface area (TPSA) is 65.5 Å². The second-order valence-corrected chi connectivity index (χ2v) is 7.64. The number of nitrogens with zero attached hydrogens (tertiary/aromatic N) is 3. The molecule has 148 valence electrons. The fourth-order valence-electron chi connectivity index (χ4n) is 3.34. The number of aromatic nitrogens is 1. The van der Waals surface area contributed by atoms with Gasteiger partial charge in [-0.2, -0.15) is 0 Å². The van der Waals surface area contributed by atoms with Crippen LogP contribution in [0.25, 0.3) is 0 Å². The van der Waals surface area contributed by atoms with Crippen LogP contribution in [-0.2, 0) is 4.79 Å². The number of carbonyl (C=O) groups is 2. The van der Waals surface area contributed by atoms with E-state index >= 15 is 0 Å². The first-order valence-corrected chi connectivity index (χ1v) is 9.80. The molecule has 2 amide bonds. The fraction of sp³-hybridized carbons (Fsp3) is 0.409. The summed E-state index contributed by atoms with van der Waals surface area (Å²) >= 11 is 0. The Morgan fingerprint density at radius 1 is 1.07 bits per heavy atom. The van der Waals surface area contributed by atoms with Gasteiger partial charge in [0, 0.05) is 38.2 Å². The van der Waals surface area contributed by atoms with Gasteiger partial charge in [-0.15, -0.1) is 0 Å². The van der Waals surface area contributed by atoms with Crippen LogP contribution in [0.5, 0.6) is 0 Å². The average Bonchev–Trinajstić information content (AvgIpc) is 2.68. The number of aryl methyl sites for hydroxylation is 1. The highest BCUT2D eigenvalue weighted by Crippen LogP contribution is 2.18. The van der Waals surface area contributed by atoms with Gasteiger partial charge in [0.15, 0.2) is 0 Å². The predicted molar refractivity (Wildman–Crippen MR) is 112 cm³/mol. The van der Waals surface area contributed by atoms with Gasteiger partial charge in [0.2, 0.25) is 5.91 Å². The minimum absolute atomic E-state index is 0.134. The molecule has 1 aromatic heterocycles. The number of rotatable bonds is 5. The van der Waals surface area contributed by atoms with Crippen LogP contribution in [0.4, 0.5) is 11.5 Å². The van der Waals surface area contributed by atoms with Crippen molar-refractivity contribution in [1.29, 1.82) is 0 Å². The maximum atomic E-state index is 12.4. The summed E-state index contributed by atoms with van der Waals surface area (Å²) in [5.41, 5.74) is 2.27. The molecule has 0 spiro atoms. The molecule has 0 bridgehead atoms. The van der Waals surface area contributed by atoms with E-state index in [-0.39, 0.29) is 11.8 Å². The van der Waals surface area contributed by atoms with Crippen LogP contribution in [0.1, 0.15) is 36.2 Å². The first kappa shape index (κ1) is 19.9. The molecule has 0 saturated carbocycles. The number of piperazine rings is 1. The highest BCUT2D eigenvalue weighted by atomic mass is 16.2. The molecule has 0 unspecified atom stereocenters. The minimum atomic E-state index is -0.134. The molecule has 2 aromatic rings. The molecule has 0 aliphatic carbocycles. The lowest BCUT2D eigenvalue weighted by Crippen LogP contribution is -2.49. The zero-order valence-electron chi connectivity index (χ0n) is 16.8. The zero-order chi connectivity index (χ0) is 20.1. The van der Waals surface area contributed by atoms with Crippen LogP contribution in [0, 0.1) is 12.8 Å². The molecule has 2 heterocycles. The third kappa shape index (κ3) is 4.88. The lowest BCUT2D eigenvalue weighted by molar-refractivity contribution is -0.132. The van der Waals surface area contributed by atoms with Gasteiger partial charge in [-0.3, -0.25) is 9.59 Å². The zero-order valence-corrected chi connectivity index (χ0v) is 16.8. The molecule has 1 aromatic carbocycles. The number of carbonyl (C=O) groups excluding carboxylic acids is 2. The number of hydrogen-bond donors (Lipinski definition) is 1. The van der Waals surface area contributed by atoms with E-state index in [1.165, 1.54) is 0 Å². The van der Waals surface area contributed by atoms with Gasteiger partial charge >= 0.3 is 0 Å². The second kappa shape index (κ2) is 8.87. The summed E-state index contributed by atoms with van der Waals surface area (Å²) in [6.07, 6.45) is 2.29. The van der Waals surface area contributed by atoms with Gasteiger partial charge in [0.25, 0.3) is 5.91 Å². The highest BCUT2D eigenvalue weighted by molar-refractivity contribution is 6.05. The molecule has 1 fully saturated rings. The quantitative estimate of drug-likeness (QED) is 0.864. The Balaban J connectivity index is 1.56. The molecule has 28 heavy (non-hydrogen) atoms. The van der Waals surface area contributed by atoms with Crippen molar-refractivity contribution < 1.29 is 9.59 Å². The monoisotopic (exact) mass is 380 g/mol. The molecule has 1 saturated heterocycles. The molecular weight excluding hydrogens is 352 g/mol. The summed E-state index contributed by atoms with van der Waals surface area (Å²) in [5, 5.41) is 2.90. The SMILES string of the molecule is Cc1ccccc1C(=O)Nc1ccc(N2CCN(C(=O)CC(C)C)CC2)nc1. The summed E-state index contributed by atoms with van der Waals surface area (Å²) in [5.74, 6) is 1.35. The van der Waals surface area contributed by atoms with Crippen molar-refractivity contribution in [1.82, 2.24) is 9.88 Å². The van der Waals surface area contributed by atoms with Gasteiger partial charge in [-0.1, -0.05) is 32.0 Å². The van der Waals surface area contributed by atoms with E-state index in [4.69, 9.17) is 0 Å². The smallest absolute Gasteiger partial charge is 0.255 e. The largest absolute Gasteiger partial charge is 0.353 e. The van der Waals surface area contributed by atoms with E-state index in [2.05, 4.69) is 29.0 Å². The van der Waals surface area contributed by atoms with Gasteiger partial charge in [0.1, 0.15) is 5.82 Å². The van der Waals surface area contributed by atoms with Crippen molar-refractivity contribution >= 4 is 23.3 Å². The molecule has 6 heteroatoms. The number of nitrogens with one attached hydrogen (secondary N) is 1. The van der Waals surface area contributed by atoms with Crippen LogP contribution in [0.3, 0.4) is 0 Å². The number of hydrogen-bond acceptors (Lipinski definition) is 4. The van der Waals surface area contributed by atoms with Gasteiger partial charge in [0.05, 0.1) is 11.9 Å². The Kier molecular flexibility index (Phi) is 6.29. The van der Waals surface area contributed by atoms with E-state index in [1.54, 1.807) is 6.20 Å².